The summed E-state index contributed by atoms with van der Waals surface area (Å²) < 4.78 is 7.37. The van der Waals surface area contributed by atoms with Gasteiger partial charge in [-0.05, 0) is 31.2 Å². The highest BCUT2D eigenvalue weighted by Crippen LogP contribution is 2.17. The van der Waals surface area contributed by atoms with E-state index in [4.69, 9.17) is 4.74 Å². The molecule has 0 aliphatic carbocycles. The topological polar surface area (TPSA) is 56.1 Å². The standard InChI is InChI=1S/C20H21N3O2S/c1-16-14-19(23(22-16)17-8-4-2-5-9-17)21-20(24)15-26-13-12-25-18-10-6-3-7-11-18/h2-11,14H,12-13,15H2,1H3,(H,21,24). The molecule has 0 aliphatic rings. The van der Waals surface area contributed by atoms with Crippen LogP contribution in [-0.2, 0) is 4.79 Å². The third-order valence-corrected chi connectivity index (χ3v) is 4.49. The summed E-state index contributed by atoms with van der Waals surface area (Å²) in [6.45, 7) is 2.48. The van der Waals surface area contributed by atoms with Crippen molar-refractivity contribution in [1.82, 2.24) is 9.78 Å². The number of benzene rings is 2. The molecule has 0 aliphatic heterocycles. The number of carbonyl (C=O) groups excluding carboxylic acids is 1. The molecule has 1 N–H and O–H groups in total. The van der Waals surface area contributed by atoms with E-state index in [1.807, 2.05) is 73.7 Å². The highest BCUT2D eigenvalue weighted by Gasteiger charge is 2.10. The number of hydrogen-bond donors (Lipinski definition) is 1. The molecule has 0 fully saturated rings. The Kier molecular flexibility index (Phi) is 6.33. The lowest BCUT2D eigenvalue weighted by Gasteiger charge is -2.09. The van der Waals surface area contributed by atoms with Gasteiger partial charge < -0.3 is 10.1 Å². The van der Waals surface area contributed by atoms with Crippen LogP contribution in [0.3, 0.4) is 0 Å². The van der Waals surface area contributed by atoms with Crippen molar-refractivity contribution in [2.75, 3.05) is 23.4 Å². The molecule has 0 bridgehead atoms. The summed E-state index contributed by atoms with van der Waals surface area (Å²) in [5, 5.41) is 7.39. The van der Waals surface area contributed by atoms with E-state index in [1.54, 1.807) is 16.4 Å². The van der Waals surface area contributed by atoms with E-state index in [2.05, 4.69) is 10.4 Å². The van der Waals surface area contributed by atoms with E-state index in [0.29, 0.717) is 18.2 Å². The number of carbonyl (C=O) groups is 1. The first kappa shape index (κ1) is 18.1. The maximum Gasteiger partial charge on any atom is 0.235 e. The average molecular weight is 367 g/mol. The van der Waals surface area contributed by atoms with Crippen molar-refractivity contribution in [1.29, 1.82) is 0 Å². The van der Waals surface area contributed by atoms with Crippen molar-refractivity contribution in [2.45, 2.75) is 6.92 Å². The van der Waals surface area contributed by atoms with Crippen molar-refractivity contribution in [3.8, 4) is 11.4 Å². The molecule has 1 amide bonds. The third-order valence-electron chi connectivity index (χ3n) is 3.57. The van der Waals surface area contributed by atoms with Crippen molar-refractivity contribution < 1.29 is 9.53 Å². The summed E-state index contributed by atoms with van der Waals surface area (Å²) in [5.41, 5.74) is 1.77. The molecule has 1 heterocycles. The molecule has 0 spiro atoms. The Balaban J connectivity index is 1.47. The van der Waals surface area contributed by atoms with E-state index in [9.17, 15) is 4.79 Å². The van der Waals surface area contributed by atoms with Crippen molar-refractivity contribution in [2.24, 2.45) is 0 Å². The molecule has 0 radical (unpaired) electrons. The summed E-state index contributed by atoms with van der Waals surface area (Å²) in [4.78, 5) is 12.2. The van der Waals surface area contributed by atoms with Crippen LogP contribution in [0.1, 0.15) is 5.69 Å². The lowest BCUT2D eigenvalue weighted by atomic mass is 10.3. The molecule has 0 saturated carbocycles. The molecule has 3 aromatic rings. The number of para-hydroxylation sites is 2. The minimum Gasteiger partial charge on any atom is -0.493 e. The number of rotatable bonds is 8. The van der Waals surface area contributed by atoms with Crippen LogP contribution in [0.25, 0.3) is 5.69 Å². The lowest BCUT2D eigenvalue weighted by molar-refractivity contribution is -0.113. The summed E-state index contributed by atoms with van der Waals surface area (Å²) in [6.07, 6.45) is 0. The van der Waals surface area contributed by atoms with Gasteiger partial charge in [-0.25, -0.2) is 4.68 Å². The predicted octanol–water partition coefficient (Wildman–Crippen LogP) is 3.93. The SMILES string of the molecule is Cc1cc(NC(=O)CSCCOc2ccccc2)n(-c2ccccc2)n1. The predicted molar refractivity (Wildman–Crippen MR) is 106 cm³/mol. The molecule has 1 aromatic heterocycles. The molecule has 0 atom stereocenters. The normalized spacial score (nSPS) is 10.5. The van der Waals surface area contributed by atoms with Gasteiger partial charge in [0.05, 0.1) is 23.7 Å². The second kappa shape index (κ2) is 9.10. The molecule has 5 nitrogen and oxygen atoms in total. The molecule has 3 rings (SSSR count). The quantitative estimate of drug-likeness (QED) is 0.613. The Bertz CT molecular complexity index is 835. The molecule has 2 aromatic carbocycles. The Hall–Kier alpha value is -2.73. The Labute approximate surface area is 157 Å². The number of anilines is 1. The number of nitrogens with one attached hydrogen (secondary N) is 1. The van der Waals surface area contributed by atoms with Gasteiger partial charge in [-0.2, -0.15) is 5.10 Å². The Morgan fingerprint density at radius 1 is 1.12 bits per heavy atom. The zero-order valence-corrected chi connectivity index (χ0v) is 15.4. The number of hydrogen-bond acceptors (Lipinski definition) is 4. The zero-order valence-electron chi connectivity index (χ0n) is 14.6. The lowest BCUT2D eigenvalue weighted by Crippen LogP contribution is -2.17. The summed E-state index contributed by atoms with van der Waals surface area (Å²) in [6, 6.07) is 21.3. The summed E-state index contributed by atoms with van der Waals surface area (Å²) in [7, 11) is 0. The van der Waals surface area contributed by atoms with E-state index >= 15 is 0 Å². The minimum atomic E-state index is -0.0493. The van der Waals surface area contributed by atoms with Gasteiger partial charge in [0.1, 0.15) is 11.6 Å². The van der Waals surface area contributed by atoms with Gasteiger partial charge >= 0.3 is 0 Å². The molecule has 134 valence electrons. The minimum absolute atomic E-state index is 0.0493. The molecule has 26 heavy (non-hydrogen) atoms. The number of thioether (sulfide) groups is 1. The van der Waals surface area contributed by atoms with E-state index in [1.165, 1.54) is 0 Å². The molecular formula is C20H21N3O2S. The van der Waals surface area contributed by atoms with Gasteiger partial charge in [-0.1, -0.05) is 36.4 Å². The van der Waals surface area contributed by atoms with Crippen LogP contribution in [0.4, 0.5) is 5.82 Å². The Morgan fingerprint density at radius 3 is 2.54 bits per heavy atom. The number of amides is 1. The number of nitrogens with zero attached hydrogens (tertiary/aromatic N) is 2. The zero-order chi connectivity index (χ0) is 18.2. The Morgan fingerprint density at radius 2 is 1.81 bits per heavy atom. The second-order valence-electron chi connectivity index (χ2n) is 5.68. The van der Waals surface area contributed by atoms with Gasteiger partial charge in [0, 0.05) is 11.8 Å². The number of aryl methyl sites for hydroxylation is 1. The molecular weight excluding hydrogens is 346 g/mol. The van der Waals surface area contributed by atoms with Crippen LogP contribution < -0.4 is 10.1 Å². The maximum absolute atomic E-state index is 12.2. The molecule has 6 heteroatoms. The molecule has 0 unspecified atom stereocenters. The smallest absolute Gasteiger partial charge is 0.235 e. The van der Waals surface area contributed by atoms with Crippen molar-refractivity contribution >= 4 is 23.5 Å². The molecule has 0 saturated heterocycles. The first-order valence-corrected chi connectivity index (χ1v) is 9.55. The van der Waals surface area contributed by atoms with Gasteiger partial charge in [-0.3, -0.25) is 4.79 Å². The van der Waals surface area contributed by atoms with E-state index in [0.717, 1.165) is 22.9 Å². The monoisotopic (exact) mass is 367 g/mol. The van der Waals surface area contributed by atoms with Crippen LogP contribution in [0, 0.1) is 6.92 Å². The highest BCUT2D eigenvalue weighted by atomic mass is 32.2. The fraction of sp³-hybridized carbons (Fsp3) is 0.200. The van der Waals surface area contributed by atoms with Gasteiger partial charge in [-0.15, -0.1) is 11.8 Å². The third kappa shape index (κ3) is 5.13. The van der Waals surface area contributed by atoms with Gasteiger partial charge in [0.25, 0.3) is 0 Å². The van der Waals surface area contributed by atoms with Crippen LogP contribution in [-0.4, -0.2) is 33.8 Å². The average Bonchev–Trinajstić information content (AvgIpc) is 3.03. The second-order valence-corrected chi connectivity index (χ2v) is 6.79. The van der Waals surface area contributed by atoms with Crippen LogP contribution in [0.15, 0.2) is 66.7 Å². The fourth-order valence-corrected chi connectivity index (χ4v) is 3.04. The van der Waals surface area contributed by atoms with Crippen molar-refractivity contribution in [3.63, 3.8) is 0 Å². The van der Waals surface area contributed by atoms with Crippen LogP contribution >= 0.6 is 11.8 Å². The largest absolute Gasteiger partial charge is 0.493 e. The first-order chi connectivity index (χ1) is 12.7. The van der Waals surface area contributed by atoms with Crippen molar-refractivity contribution in [3.05, 3.63) is 72.4 Å². The van der Waals surface area contributed by atoms with Gasteiger partial charge in [0.2, 0.25) is 5.91 Å². The first-order valence-electron chi connectivity index (χ1n) is 8.40. The summed E-state index contributed by atoms with van der Waals surface area (Å²) >= 11 is 1.54. The van der Waals surface area contributed by atoms with E-state index < -0.39 is 0 Å². The highest BCUT2D eigenvalue weighted by molar-refractivity contribution is 7.99. The number of aromatic nitrogens is 2. The summed E-state index contributed by atoms with van der Waals surface area (Å²) in [5.74, 6) is 2.60. The number of ether oxygens (including phenoxy) is 1. The van der Waals surface area contributed by atoms with Gasteiger partial charge in [0.15, 0.2) is 0 Å². The van der Waals surface area contributed by atoms with E-state index in [-0.39, 0.29) is 5.91 Å². The maximum atomic E-state index is 12.2. The van der Waals surface area contributed by atoms with Crippen LogP contribution in [0.2, 0.25) is 0 Å². The van der Waals surface area contributed by atoms with Crippen LogP contribution in [0.5, 0.6) is 5.75 Å². The fourth-order valence-electron chi connectivity index (χ4n) is 2.43.